The highest BCUT2D eigenvalue weighted by molar-refractivity contribution is 5.92. The van der Waals surface area contributed by atoms with Gasteiger partial charge in [0, 0.05) is 6.54 Å². The van der Waals surface area contributed by atoms with Crippen molar-refractivity contribution in [2.45, 2.75) is 51.7 Å². The molecule has 0 saturated carbocycles. The van der Waals surface area contributed by atoms with Crippen molar-refractivity contribution < 1.29 is 19.1 Å². The fraction of sp³-hybridized carbons (Fsp3) is 0.714. The third kappa shape index (κ3) is 3.28. The summed E-state index contributed by atoms with van der Waals surface area (Å²) in [6.07, 6.45) is 4.17. The monoisotopic (exact) mass is 267 g/mol. The predicted octanol–water partition coefficient (Wildman–Crippen LogP) is 2.26. The van der Waals surface area contributed by atoms with Crippen molar-refractivity contribution >= 4 is 12.1 Å². The molecular formula is C14H21NO4. The SMILES string of the molecule is CC(C)(C)OC(=O)N1CCCCC1C1=CCOC1=O. The molecule has 0 aromatic carbocycles. The molecule has 0 bridgehead atoms. The second-order valence-corrected chi connectivity index (χ2v) is 5.94. The molecule has 0 N–H and O–H groups in total. The summed E-state index contributed by atoms with van der Waals surface area (Å²) < 4.78 is 10.3. The van der Waals surface area contributed by atoms with Gasteiger partial charge in [-0.05, 0) is 46.1 Å². The van der Waals surface area contributed by atoms with Gasteiger partial charge in [-0.25, -0.2) is 9.59 Å². The molecule has 1 fully saturated rings. The Bertz CT molecular complexity index is 408. The average molecular weight is 267 g/mol. The Kier molecular flexibility index (Phi) is 3.83. The lowest BCUT2D eigenvalue weighted by molar-refractivity contribution is -0.136. The maximum atomic E-state index is 12.2. The quantitative estimate of drug-likeness (QED) is 0.684. The molecule has 2 heterocycles. The number of nitrogens with zero attached hydrogens (tertiary/aromatic N) is 1. The molecule has 0 radical (unpaired) electrons. The largest absolute Gasteiger partial charge is 0.458 e. The number of hydrogen-bond acceptors (Lipinski definition) is 4. The molecule has 2 aliphatic heterocycles. The summed E-state index contributed by atoms with van der Waals surface area (Å²) >= 11 is 0. The van der Waals surface area contributed by atoms with Crippen LogP contribution in [0, 0.1) is 0 Å². The smallest absolute Gasteiger partial charge is 0.410 e. The number of hydrogen-bond donors (Lipinski definition) is 0. The van der Waals surface area contributed by atoms with Gasteiger partial charge in [0.1, 0.15) is 12.2 Å². The van der Waals surface area contributed by atoms with Crippen LogP contribution >= 0.6 is 0 Å². The molecule has 0 spiro atoms. The van der Waals surface area contributed by atoms with Crippen molar-refractivity contribution in [3.8, 4) is 0 Å². The van der Waals surface area contributed by atoms with Gasteiger partial charge in [-0.2, -0.15) is 0 Å². The van der Waals surface area contributed by atoms with Gasteiger partial charge < -0.3 is 14.4 Å². The van der Waals surface area contributed by atoms with Crippen molar-refractivity contribution in [1.82, 2.24) is 4.90 Å². The number of ether oxygens (including phenoxy) is 2. The Balaban J connectivity index is 2.12. The molecule has 19 heavy (non-hydrogen) atoms. The van der Waals surface area contributed by atoms with E-state index >= 15 is 0 Å². The van der Waals surface area contributed by atoms with Crippen molar-refractivity contribution in [3.63, 3.8) is 0 Å². The number of carbonyl (C=O) groups excluding carboxylic acids is 2. The normalized spacial score (nSPS) is 23.9. The lowest BCUT2D eigenvalue weighted by Crippen LogP contribution is -2.47. The summed E-state index contributed by atoms with van der Waals surface area (Å²) in [5, 5.41) is 0. The molecule has 5 heteroatoms. The molecule has 0 aromatic heterocycles. The van der Waals surface area contributed by atoms with Crippen LogP contribution in [0.2, 0.25) is 0 Å². The van der Waals surface area contributed by atoms with Crippen LogP contribution in [-0.2, 0) is 14.3 Å². The summed E-state index contributed by atoms with van der Waals surface area (Å²) in [5.41, 5.74) is 0.0782. The second-order valence-electron chi connectivity index (χ2n) is 5.94. The number of esters is 1. The second kappa shape index (κ2) is 5.23. The van der Waals surface area contributed by atoms with E-state index in [-0.39, 0.29) is 18.1 Å². The van der Waals surface area contributed by atoms with E-state index in [1.165, 1.54) is 0 Å². The minimum Gasteiger partial charge on any atom is -0.458 e. The summed E-state index contributed by atoms with van der Waals surface area (Å²) in [6, 6.07) is -0.196. The van der Waals surface area contributed by atoms with Gasteiger partial charge in [0.15, 0.2) is 0 Å². The van der Waals surface area contributed by atoms with E-state index in [1.54, 1.807) is 11.0 Å². The Morgan fingerprint density at radius 2 is 2.16 bits per heavy atom. The molecule has 1 saturated heterocycles. The van der Waals surface area contributed by atoms with Crippen LogP contribution in [0.1, 0.15) is 40.0 Å². The van der Waals surface area contributed by atoms with Gasteiger partial charge in [-0.3, -0.25) is 0 Å². The van der Waals surface area contributed by atoms with E-state index in [9.17, 15) is 9.59 Å². The molecule has 1 amide bonds. The van der Waals surface area contributed by atoms with Gasteiger partial charge >= 0.3 is 12.1 Å². The Morgan fingerprint density at radius 3 is 2.74 bits per heavy atom. The van der Waals surface area contributed by atoms with E-state index in [4.69, 9.17) is 9.47 Å². The van der Waals surface area contributed by atoms with Crippen LogP contribution in [0.4, 0.5) is 4.79 Å². The third-order valence-electron chi connectivity index (χ3n) is 3.24. The van der Waals surface area contributed by atoms with Gasteiger partial charge in [0.05, 0.1) is 11.6 Å². The molecule has 0 aliphatic carbocycles. The minimum absolute atomic E-state index is 0.196. The topological polar surface area (TPSA) is 55.8 Å². The van der Waals surface area contributed by atoms with E-state index in [2.05, 4.69) is 0 Å². The molecule has 2 rings (SSSR count). The van der Waals surface area contributed by atoms with Crippen LogP contribution in [0.15, 0.2) is 11.6 Å². The van der Waals surface area contributed by atoms with Crippen LogP contribution in [0.25, 0.3) is 0 Å². The maximum Gasteiger partial charge on any atom is 0.410 e. The summed E-state index contributed by atoms with van der Waals surface area (Å²) in [5.74, 6) is -0.305. The molecule has 1 unspecified atom stereocenters. The van der Waals surface area contributed by atoms with Crippen LogP contribution in [0.5, 0.6) is 0 Å². The van der Waals surface area contributed by atoms with Crippen molar-refractivity contribution in [1.29, 1.82) is 0 Å². The summed E-state index contributed by atoms with van der Waals surface area (Å²) in [4.78, 5) is 25.5. The molecule has 106 valence electrons. The first-order valence-corrected chi connectivity index (χ1v) is 6.75. The van der Waals surface area contributed by atoms with Crippen molar-refractivity contribution in [2.75, 3.05) is 13.2 Å². The number of carbonyl (C=O) groups is 2. The predicted molar refractivity (Wildman–Crippen MR) is 69.6 cm³/mol. The van der Waals surface area contributed by atoms with Crippen LogP contribution < -0.4 is 0 Å². The zero-order chi connectivity index (χ0) is 14.0. The van der Waals surface area contributed by atoms with Gasteiger partial charge in [0.25, 0.3) is 0 Å². The highest BCUT2D eigenvalue weighted by atomic mass is 16.6. The average Bonchev–Trinajstić information content (AvgIpc) is 2.73. The zero-order valence-electron chi connectivity index (χ0n) is 11.8. The summed E-state index contributed by atoms with van der Waals surface area (Å²) in [6.45, 7) is 6.46. The summed E-state index contributed by atoms with van der Waals surface area (Å²) in [7, 11) is 0. The molecular weight excluding hydrogens is 246 g/mol. The van der Waals surface area contributed by atoms with E-state index < -0.39 is 5.60 Å². The number of cyclic esters (lactones) is 1. The van der Waals surface area contributed by atoms with Gasteiger partial charge in [-0.15, -0.1) is 0 Å². The van der Waals surface area contributed by atoms with Crippen LogP contribution in [-0.4, -0.2) is 41.8 Å². The fourth-order valence-corrected chi connectivity index (χ4v) is 2.44. The van der Waals surface area contributed by atoms with Crippen molar-refractivity contribution in [2.24, 2.45) is 0 Å². The molecule has 2 aliphatic rings. The van der Waals surface area contributed by atoms with E-state index in [0.717, 1.165) is 19.3 Å². The fourth-order valence-electron chi connectivity index (χ4n) is 2.44. The number of amides is 1. The van der Waals surface area contributed by atoms with E-state index in [0.29, 0.717) is 18.7 Å². The number of piperidine rings is 1. The lowest BCUT2D eigenvalue weighted by atomic mass is 9.96. The highest BCUT2D eigenvalue weighted by Gasteiger charge is 2.36. The number of rotatable bonds is 1. The van der Waals surface area contributed by atoms with Gasteiger partial charge in [-0.1, -0.05) is 0 Å². The Morgan fingerprint density at radius 1 is 1.42 bits per heavy atom. The first kappa shape index (κ1) is 13.9. The maximum absolute atomic E-state index is 12.2. The first-order chi connectivity index (χ1) is 8.88. The minimum atomic E-state index is -0.524. The Hall–Kier alpha value is -1.52. The standard InChI is InChI=1S/C14H21NO4/c1-14(2,3)19-13(17)15-8-5-4-6-11(15)10-7-9-18-12(10)16/h7,11H,4-6,8-9H2,1-3H3. The van der Waals surface area contributed by atoms with E-state index in [1.807, 2.05) is 20.8 Å². The van der Waals surface area contributed by atoms with Crippen LogP contribution in [0.3, 0.4) is 0 Å². The van der Waals surface area contributed by atoms with Gasteiger partial charge in [0.2, 0.25) is 0 Å². The highest BCUT2D eigenvalue weighted by Crippen LogP contribution is 2.27. The zero-order valence-corrected chi connectivity index (χ0v) is 11.8. The number of likely N-dealkylation sites (tertiary alicyclic amines) is 1. The molecule has 0 aromatic rings. The first-order valence-electron chi connectivity index (χ1n) is 6.75. The third-order valence-corrected chi connectivity index (χ3v) is 3.24. The van der Waals surface area contributed by atoms with Crippen molar-refractivity contribution in [3.05, 3.63) is 11.6 Å². The molecule has 5 nitrogen and oxygen atoms in total. The Labute approximate surface area is 113 Å². The molecule has 1 atom stereocenters. The lowest BCUT2D eigenvalue weighted by Gasteiger charge is -2.36.